The number of rotatable bonds is 5. The van der Waals surface area contributed by atoms with Crippen LogP contribution in [-0.2, 0) is 17.8 Å². The van der Waals surface area contributed by atoms with E-state index in [-0.39, 0.29) is 17.6 Å². The second-order valence-corrected chi connectivity index (χ2v) is 10.3. The Kier molecular flexibility index (Phi) is 5.92. The first-order valence-corrected chi connectivity index (χ1v) is 13.4. The summed E-state index contributed by atoms with van der Waals surface area (Å²) in [5, 5.41) is 9.79. The van der Waals surface area contributed by atoms with Gasteiger partial charge in [-0.3, -0.25) is 4.79 Å². The third-order valence-electron chi connectivity index (χ3n) is 7.53. The molecule has 41 heavy (non-hydrogen) atoms. The number of halogens is 1. The smallest absolute Gasteiger partial charge is 0.222 e. The number of fused-ring (bicyclic) bond motifs is 3. The van der Waals surface area contributed by atoms with Gasteiger partial charge in [0.1, 0.15) is 18.0 Å². The number of hydrogen-bond acceptors (Lipinski definition) is 5. The van der Waals surface area contributed by atoms with Crippen molar-refractivity contribution in [2.24, 2.45) is 0 Å². The van der Waals surface area contributed by atoms with Gasteiger partial charge in [-0.1, -0.05) is 36.4 Å². The summed E-state index contributed by atoms with van der Waals surface area (Å²) in [5.74, 6) is 0.207. The topological polar surface area (TPSA) is 101 Å². The number of aromatic nitrogens is 6. The fourth-order valence-electron chi connectivity index (χ4n) is 5.68. The Morgan fingerprint density at radius 2 is 1.95 bits per heavy atom. The van der Waals surface area contributed by atoms with Crippen molar-refractivity contribution in [3.63, 3.8) is 0 Å². The van der Waals surface area contributed by atoms with Crippen molar-refractivity contribution in [3.8, 4) is 11.3 Å². The highest BCUT2D eigenvalue weighted by Gasteiger charge is 2.26. The van der Waals surface area contributed by atoms with Gasteiger partial charge in [-0.15, -0.1) is 0 Å². The second-order valence-electron chi connectivity index (χ2n) is 10.3. The second kappa shape index (κ2) is 9.78. The van der Waals surface area contributed by atoms with Crippen molar-refractivity contribution < 1.29 is 9.18 Å². The number of pyridine rings is 1. The summed E-state index contributed by atoms with van der Waals surface area (Å²) in [6.07, 6.45) is 6.41. The Balaban J connectivity index is 1.33. The molecule has 0 radical (unpaired) electrons. The van der Waals surface area contributed by atoms with Crippen LogP contribution in [0.2, 0.25) is 0 Å². The van der Waals surface area contributed by atoms with Crippen LogP contribution in [0.4, 0.5) is 10.2 Å². The lowest BCUT2D eigenvalue weighted by Gasteiger charge is -2.15. The minimum atomic E-state index is -0.325. The normalized spacial score (nSPS) is 14.5. The lowest BCUT2D eigenvalue weighted by Crippen LogP contribution is -2.09. The van der Waals surface area contributed by atoms with Gasteiger partial charge >= 0.3 is 0 Å². The number of aromatic amines is 1. The maximum absolute atomic E-state index is 15.0. The van der Waals surface area contributed by atoms with Gasteiger partial charge in [-0.2, -0.15) is 5.10 Å². The number of aryl methyl sites for hydroxylation is 1. The van der Waals surface area contributed by atoms with Gasteiger partial charge < -0.3 is 10.3 Å². The standard InChI is InChI=1S/C32H26FN7O/c1-18-29-31(21-11-12-27-22(14-21)15-28(37-27)36-19(2)41)39-40(32(29)35-17-34-18)16-23-13-20-7-3-6-10-26(20)38-30(23)24-8-4-5-9-25(24)33/h3-13,15,17,21,37H,14,16H2,1-2H3,(H,36,41). The Bertz CT molecular complexity index is 2000. The van der Waals surface area contributed by atoms with Crippen LogP contribution in [0.5, 0.6) is 0 Å². The molecule has 1 aliphatic rings. The predicted octanol–water partition coefficient (Wildman–Crippen LogP) is 6.18. The van der Waals surface area contributed by atoms with Crippen molar-refractivity contribution in [2.75, 3.05) is 5.32 Å². The van der Waals surface area contributed by atoms with E-state index in [4.69, 9.17) is 10.1 Å². The van der Waals surface area contributed by atoms with Crippen molar-refractivity contribution in [1.82, 2.24) is 29.7 Å². The number of carbonyl (C=O) groups excluding carboxylic acids is 1. The van der Waals surface area contributed by atoms with Gasteiger partial charge in [0.15, 0.2) is 5.65 Å². The number of para-hydroxylation sites is 1. The summed E-state index contributed by atoms with van der Waals surface area (Å²) in [7, 11) is 0. The minimum Gasteiger partial charge on any atom is -0.342 e. The SMILES string of the molecule is CC(=O)Nc1cc2c([nH]1)C=CC(c1nn(Cc3cc4ccccc4nc3-c3ccccc3F)c3ncnc(C)c13)C2. The molecule has 9 heteroatoms. The summed E-state index contributed by atoms with van der Waals surface area (Å²) < 4.78 is 16.9. The fraction of sp³-hybridized carbons (Fsp3) is 0.156. The summed E-state index contributed by atoms with van der Waals surface area (Å²) in [6.45, 7) is 3.81. The maximum atomic E-state index is 15.0. The highest BCUT2D eigenvalue weighted by Crippen LogP contribution is 2.36. The third kappa shape index (κ3) is 4.45. The maximum Gasteiger partial charge on any atom is 0.222 e. The Labute approximate surface area is 235 Å². The van der Waals surface area contributed by atoms with Crippen molar-refractivity contribution >= 4 is 39.7 Å². The molecule has 4 heterocycles. The van der Waals surface area contributed by atoms with E-state index >= 15 is 4.39 Å². The van der Waals surface area contributed by atoms with Crippen LogP contribution in [0, 0.1) is 12.7 Å². The van der Waals surface area contributed by atoms with E-state index in [0.29, 0.717) is 35.7 Å². The minimum absolute atomic E-state index is 0.0160. The Morgan fingerprint density at radius 3 is 2.80 bits per heavy atom. The van der Waals surface area contributed by atoms with E-state index in [2.05, 4.69) is 32.4 Å². The first-order chi connectivity index (χ1) is 19.9. The molecule has 1 aliphatic carbocycles. The molecule has 1 atom stereocenters. The molecule has 1 unspecified atom stereocenters. The number of allylic oxidation sites excluding steroid dienone is 1. The summed E-state index contributed by atoms with van der Waals surface area (Å²) in [6, 6.07) is 18.6. The van der Waals surface area contributed by atoms with Gasteiger partial charge in [0.25, 0.3) is 0 Å². The summed E-state index contributed by atoms with van der Waals surface area (Å²) in [5.41, 5.74) is 7.17. The molecule has 1 amide bonds. The number of benzene rings is 2. The van der Waals surface area contributed by atoms with E-state index in [1.54, 1.807) is 18.5 Å². The van der Waals surface area contributed by atoms with E-state index in [1.165, 1.54) is 13.0 Å². The van der Waals surface area contributed by atoms with Crippen LogP contribution in [0.1, 0.15) is 41.1 Å². The van der Waals surface area contributed by atoms with Gasteiger partial charge in [0, 0.05) is 35.0 Å². The van der Waals surface area contributed by atoms with Crippen molar-refractivity contribution in [3.05, 3.63) is 107 Å². The van der Waals surface area contributed by atoms with Gasteiger partial charge in [-0.05, 0) is 55.3 Å². The monoisotopic (exact) mass is 543 g/mol. The molecule has 0 bridgehead atoms. The molecule has 2 aromatic carbocycles. The first kappa shape index (κ1) is 24.8. The molecule has 4 aromatic heterocycles. The van der Waals surface area contributed by atoms with Crippen LogP contribution < -0.4 is 5.32 Å². The molecule has 0 fully saturated rings. The third-order valence-corrected chi connectivity index (χ3v) is 7.53. The lowest BCUT2D eigenvalue weighted by molar-refractivity contribution is -0.114. The number of carbonyl (C=O) groups is 1. The van der Waals surface area contributed by atoms with Gasteiger partial charge in [-0.25, -0.2) is 24.0 Å². The Morgan fingerprint density at radius 1 is 1.12 bits per heavy atom. The molecule has 0 saturated carbocycles. The number of amides is 1. The van der Waals surface area contributed by atoms with Crippen LogP contribution in [-0.4, -0.2) is 35.6 Å². The highest BCUT2D eigenvalue weighted by molar-refractivity contribution is 5.88. The molecule has 202 valence electrons. The van der Waals surface area contributed by atoms with Crippen molar-refractivity contribution in [1.29, 1.82) is 0 Å². The average molecular weight is 544 g/mol. The molecule has 0 spiro atoms. The zero-order valence-corrected chi connectivity index (χ0v) is 22.5. The molecular formula is C32H26FN7O. The van der Waals surface area contributed by atoms with Crippen LogP contribution in [0.15, 0.2) is 73.1 Å². The molecule has 7 rings (SSSR count). The van der Waals surface area contributed by atoms with Crippen molar-refractivity contribution in [2.45, 2.75) is 32.7 Å². The average Bonchev–Trinajstić information content (AvgIpc) is 3.53. The van der Waals surface area contributed by atoms with E-state index in [0.717, 1.165) is 44.5 Å². The summed E-state index contributed by atoms with van der Waals surface area (Å²) in [4.78, 5) is 28.8. The molecular weight excluding hydrogens is 517 g/mol. The largest absolute Gasteiger partial charge is 0.342 e. The quantitative estimate of drug-likeness (QED) is 0.271. The predicted molar refractivity (Wildman–Crippen MR) is 157 cm³/mol. The fourth-order valence-corrected chi connectivity index (χ4v) is 5.68. The van der Waals surface area contributed by atoms with Crippen LogP contribution in [0.25, 0.3) is 39.3 Å². The molecule has 8 nitrogen and oxygen atoms in total. The number of nitrogens with one attached hydrogen (secondary N) is 2. The molecule has 0 aliphatic heterocycles. The van der Waals surface area contributed by atoms with E-state index in [9.17, 15) is 4.79 Å². The number of anilines is 1. The first-order valence-electron chi connectivity index (χ1n) is 13.4. The molecule has 6 aromatic rings. The Hall–Kier alpha value is -5.18. The van der Waals surface area contributed by atoms with E-state index in [1.807, 2.05) is 54.1 Å². The van der Waals surface area contributed by atoms with Gasteiger partial charge in [0.2, 0.25) is 5.91 Å². The highest BCUT2D eigenvalue weighted by atomic mass is 19.1. The van der Waals surface area contributed by atoms with E-state index < -0.39 is 0 Å². The molecule has 2 N–H and O–H groups in total. The van der Waals surface area contributed by atoms with Crippen LogP contribution >= 0.6 is 0 Å². The van der Waals surface area contributed by atoms with Gasteiger partial charge in [0.05, 0.1) is 34.5 Å². The summed E-state index contributed by atoms with van der Waals surface area (Å²) >= 11 is 0. The number of hydrogen-bond donors (Lipinski definition) is 2. The number of nitrogens with zero attached hydrogens (tertiary/aromatic N) is 5. The molecule has 0 saturated heterocycles. The van der Waals surface area contributed by atoms with Crippen LogP contribution in [0.3, 0.4) is 0 Å². The zero-order valence-electron chi connectivity index (χ0n) is 22.5. The lowest BCUT2D eigenvalue weighted by atomic mass is 9.90. The zero-order chi connectivity index (χ0) is 28.1. The number of H-pyrrole nitrogens is 1.